The van der Waals surface area contributed by atoms with Crippen molar-refractivity contribution >= 4 is 29.2 Å². The van der Waals surface area contributed by atoms with E-state index in [9.17, 15) is 14.7 Å². The van der Waals surface area contributed by atoms with E-state index in [1.807, 2.05) is 92.0 Å². The van der Waals surface area contributed by atoms with Crippen LogP contribution in [0.25, 0.3) is 17.6 Å². The minimum Gasteiger partial charge on any atom is -0.506 e. The van der Waals surface area contributed by atoms with Gasteiger partial charge in [0.1, 0.15) is 24.3 Å². The maximum Gasteiger partial charge on any atom is 0.237 e. The Hall–Kier alpha value is -4.77. The number of allylic oxidation sites excluding steroid dienone is 6. The van der Waals surface area contributed by atoms with Gasteiger partial charge in [-0.2, -0.15) is 0 Å². The molecule has 1 aliphatic carbocycles. The Labute approximate surface area is 253 Å². The highest BCUT2D eigenvalue weighted by Crippen LogP contribution is 2.35. The van der Waals surface area contributed by atoms with E-state index >= 15 is 0 Å². The number of ether oxygens (including phenoxy) is 1. The molecule has 0 unspecified atom stereocenters. The van der Waals surface area contributed by atoms with Crippen molar-refractivity contribution in [1.82, 2.24) is 0 Å². The Balaban J connectivity index is 1.63. The first kappa shape index (κ1) is 29.7. The summed E-state index contributed by atoms with van der Waals surface area (Å²) in [4.78, 5) is 26.5. The van der Waals surface area contributed by atoms with Crippen molar-refractivity contribution in [1.29, 1.82) is 0 Å². The first-order valence-corrected chi connectivity index (χ1v) is 14.5. The van der Waals surface area contributed by atoms with Crippen LogP contribution in [0.5, 0.6) is 0 Å². The lowest BCUT2D eigenvalue weighted by molar-refractivity contribution is -0.693. The largest absolute Gasteiger partial charge is 0.506 e. The number of Topliss-reactive ketones (excluding diaryl/α,β-unsaturated/α-hetero) is 2. The van der Waals surface area contributed by atoms with Crippen LogP contribution in [-0.2, 0) is 32.2 Å². The molecule has 1 N–H and O–H groups in total. The topological polar surface area (TPSA) is 67.5 Å². The van der Waals surface area contributed by atoms with E-state index in [0.29, 0.717) is 17.1 Å². The van der Waals surface area contributed by atoms with Crippen LogP contribution in [0, 0.1) is 0 Å². The van der Waals surface area contributed by atoms with E-state index in [2.05, 4.69) is 46.1 Å². The van der Waals surface area contributed by atoms with Crippen molar-refractivity contribution in [3.8, 4) is 0 Å². The van der Waals surface area contributed by atoms with Crippen molar-refractivity contribution in [3.63, 3.8) is 0 Å². The number of carbonyl (C=O) groups excluding carboxylic acids is 2. The number of aliphatic hydroxyl groups is 1. The molecule has 0 saturated heterocycles. The number of hydrogen-bond acceptors (Lipinski definition) is 4. The van der Waals surface area contributed by atoms with Crippen LogP contribution in [-0.4, -0.2) is 16.7 Å². The van der Waals surface area contributed by atoms with Gasteiger partial charge in [0.2, 0.25) is 11.6 Å². The Morgan fingerprint density at radius 1 is 0.698 bits per heavy atom. The van der Waals surface area contributed by atoms with E-state index in [1.54, 1.807) is 12.2 Å². The first-order chi connectivity index (χ1) is 20.2. The van der Waals surface area contributed by atoms with Gasteiger partial charge < -0.3 is 9.84 Å². The molecule has 0 atom stereocenters. The Morgan fingerprint density at radius 2 is 1.16 bits per heavy atom. The number of rotatable bonds is 4. The second-order valence-corrected chi connectivity index (χ2v) is 13.1. The lowest BCUT2D eigenvalue weighted by Crippen LogP contribution is -2.47. The Bertz CT molecular complexity index is 1680. The summed E-state index contributed by atoms with van der Waals surface area (Å²) in [6.07, 6.45) is 6.82. The Morgan fingerprint density at radius 3 is 1.60 bits per heavy atom. The average Bonchev–Trinajstić information content (AvgIpc) is 3.16. The molecule has 3 aromatic rings. The molecule has 2 heterocycles. The summed E-state index contributed by atoms with van der Waals surface area (Å²) in [5, 5.41) is 11.3. The molecule has 5 rings (SSSR count). The van der Waals surface area contributed by atoms with Gasteiger partial charge >= 0.3 is 0 Å². The van der Waals surface area contributed by atoms with Gasteiger partial charge in [-0.3, -0.25) is 9.59 Å². The molecule has 5 heteroatoms. The van der Waals surface area contributed by atoms with Crippen molar-refractivity contribution in [2.24, 2.45) is 7.05 Å². The molecule has 0 bridgehead atoms. The number of ketones is 2. The normalized spacial score (nSPS) is 16.8. The summed E-state index contributed by atoms with van der Waals surface area (Å²) < 4.78 is 8.44. The van der Waals surface area contributed by atoms with E-state index in [0.717, 1.165) is 28.1 Å². The molecule has 0 amide bonds. The van der Waals surface area contributed by atoms with Gasteiger partial charge in [0, 0.05) is 34.1 Å². The third-order valence-electron chi connectivity index (χ3n) is 7.63. The molecule has 1 aromatic heterocycles. The van der Waals surface area contributed by atoms with Crippen LogP contribution in [0.15, 0.2) is 114 Å². The highest BCUT2D eigenvalue weighted by atomic mass is 16.5. The second kappa shape index (κ2) is 11.1. The number of carbonyl (C=O) groups is 2. The molecule has 0 radical (unpaired) electrons. The monoisotopic (exact) mass is 572 g/mol. The lowest BCUT2D eigenvalue weighted by Gasteiger charge is -2.23. The number of aromatic nitrogens is 1. The molecular weight excluding hydrogens is 534 g/mol. The third-order valence-corrected chi connectivity index (χ3v) is 7.63. The molecule has 2 aliphatic rings. The number of aliphatic hydroxyl groups excluding tert-OH is 1. The molecule has 5 nitrogen and oxygen atoms in total. The number of nitrogens with zero attached hydrogens (tertiary/aromatic N) is 1. The predicted octanol–water partition coefficient (Wildman–Crippen LogP) is 7.49. The second-order valence-electron chi connectivity index (χ2n) is 13.1. The molecule has 0 spiro atoms. The number of hydrogen-bond donors (Lipinski definition) is 1. The summed E-state index contributed by atoms with van der Waals surface area (Å²) in [7, 11) is 2.05. The van der Waals surface area contributed by atoms with Gasteiger partial charge in [-0.05, 0) is 35.4 Å². The zero-order valence-corrected chi connectivity index (χ0v) is 25.9. The molecule has 1 aliphatic heterocycles. The zero-order chi connectivity index (χ0) is 31.1. The van der Waals surface area contributed by atoms with Crippen LogP contribution < -0.4 is 4.57 Å². The minimum atomic E-state index is -0.736. The Kier molecular flexibility index (Phi) is 7.70. The van der Waals surface area contributed by atoms with Crippen molar-refractivity contribution in [3.05, 3.63) is 142 Å². The zero-order valence-electron chi connectivity index (χ0n) is 25.9. The standard InChI is InChI=1S/C38H37NO4/c1-37(2,3)32-22-25(23-33(39(32)7)38(4,5)6)19-29-34(40)28(35(41)36(29)42)18-24-20-30(26-14-10-8-11-15-26)43-31(21-24)27-16-12-9-13-17-27/h8-23H,1-7H3/p+1. The third kappa shape index (κ3) is 6.07. The highest BCUT2D eigenvalue weighted by Gasteiger charge is 2.37. The van der Waals surface area contributed by atoms with Crippen molar-refractivity contribution in [2.45, 2.75) is 52.4 Å². The molecular formula is C38H38NO4+. The SMILES string of the molecule is C[n+]1c(C(C)(C)C)cc(C=C2C(=O)C(=O)C(C=C3C=C(c4ccccc4)OC(c4ccccc4)=C3)=C2O)cc1C(C)(C)C. The first-order valence-electron chi connectivity index (χ1n) is 14.5. The van der Waals surface area contributed by atoms with Crippen molar-refractivity contribution in [2.75, 3.05) is 0 Å². The van der Waals surface area contributed by atoms with Crippen LogP contribution in [0.4, 0.5) is 0 Å². The van der Waals surface area contributed by atoms with Gasteiger partial charge in [0.25, 0.3) is 0 Å². The lowest BCUT2D eigenvalue weighted by atomic mass is 9.85. The minimum absolute atomic E-state index is 0.00277. The van der Waals surface area contributed by atoms with Crippen molar-refractivity contribution < 1.29 is 24.0 Å². The van der Waals surface area contributed by atoms with Gasteiger partial charge in [0.05, 0.1) is 11.1 Å². The van der Waals surface area contributed by atoms with Gasteiger partial charge in [0.15, 0.2) is 11.4 Å². The van der Waals surface area contributed by atoms with E-state index < -0.39 is 11.6 Å². The summed E-state index contributed by atoms with van der Waals surface area (Å²) in [6.45, 7) is 12.8. The smallest absolute Gasteiger partial charge is 0.237 e. The van der Waals surface area contributed by atoms with Gasteiger partial charge in [-0.25, -0.2) is 4.57 Å². The number of pyridine rings is 1. The fourth-order valence-electron chi connectivity index (χ4n) is 5.50. The molecule has 218 valence electrons. The maximum absolute atomic E-state index is 13.3. The summed E-state index contributed by atoms with van der Waals surface area (Å²) in [6, 6.07) is 23.4. The summed E-state index contributed by atoms with van der Waals surface area (Å²) in [5.74, 6) is -0.578. The van der Waals surface area contributed by atoms with Crippen LogP contribution in [0.3, 0.4) is 0 Å². The highest BCUT2D eigenvalue weighted by molar-refractivity contribution is 6.54. The van der Waals surface area contributed by atoms with Crippen LogP contribution in [0.1, 0.15) is 69.6 Å². The van der Waals surface area contributed by atoms with E-state index in [-0.39, 0.29) is 27.7 Å². The predicted molar refractivity (Wildman–Crippen MR) is 171 cm³/mol. The summed E-state index contributed by atoms with van der Waals surface area (Å²) >= 11 is 0. The molecule has 0 saturated carbocycles. The summed E-state index contributed by atoms with van der Waals surface area (Å²) in [5.41, 5.74) is 4.90. The fraction of sp³-hybridized carbons (Fsp3) is 0.237. The average molecular weight is 573 g/mol. The number of benzene rings is 2. The van der Waals surface area contributed by atoms with Crippen LogP contribution >= 0.6 is 0 Å². The fourth-order valence-corrected chi connectivity index (χ4v) is 5.50. The van der Waals surface area contributed by atoms with Crippen LogP contribution in [0.2, 0.25) is 0 Å². The maximum atomic E-state index is 13.3. The molecule has 2 aromatic carbocycles. The molecule has 0 fully saturated rings. The quantitative estimate of drug-likeness (QED) is 0.200. The van der Waals surface area contributed by atoms with Gasteiger partial charge in [-0.15, -0.1) is 0 Å². The van der Waals surface area contributed by atoms with Gasteiger partial charge in [-0.1, -0.05) is 102 Å². The molecule has 43 heavy (non-hydrogen) atoms. The van der Waals surface area contributed by atoms with E-state index in [4.69, 9.17) is 4.74 Å². The van der Waals surface area contributed by atoms with E-state index in [1.165, 1.54) is 0 Å².